The SMILES string of the molecule is O=C(Nc1cccc(N2C(=O)c3ccccc3C2=O)c1)c1cccc(-n2cccc2)c1. The Hall–Kier alpha value is -4.45. The molecule has 0 saturated heterocycles. The van der Waals surface area contributed by atoms with Crippen LogP contribution in [0.3, 0.4) is 0 Å². The molecule has 1 N–H and O–H groups in total. The van der Waals surface area contributed by atoms with E-state index in [1.54, 1.807) is 60.7 Å². The zero-order valence-electron chi connectivity index (χ0n) is 16.4. The van der Waals surface area contributed by atoms with E-state index in [1.165, 1.54) is 0 Å². The molecule has 0 saturated carbocycles. The first kappa shape index (κ1) is 18.6. The number of amides is 3. The van der Waals surface area contributed by atoms with Gasteiger partial charge in [-0.2, -0.15) is 0 Å². The normalized spacial score (nSPS) is 12.7. The number of fused-ring (bicyclic) bond motifs is 1. The van der Waals surface area contributed by atoms with Crippen LogP contribution in [0.1, 0.15) is 31.1 Å². The van der Waals surface area contributed by atoms with Gasteiger partial charge >= 0.3 is 0 Å². The molecule has 6 nitrogen and oxygen atoms in total. The first-order valence-electron chi connectivity index (χ1n) is 9.74. The van der Waals surface area contributed by atoms with Gasteiger partial charge in [0.2, 0.25) is 0 Å². The van der Waals surface area contributed by atoms with Crippen LogP contribution >= 0.6 is 0 Å². The summed E-state index contributed by atoms with van der Waals surface area (Å²) in [4.78, 5) is 39.4. The molecule has 3 aromatic carbocycles. The summed E-state index contributed by atoms with van der Waals surface area (Å²) in [5.41, 5.74) is 3.03. The van der Waals surface area contributed by atoms with E-state index in [2.05, 4.69) is 5.32 Å². The van der Waals surface area contributed by atoms with E-state index >= 15 is 0 Å². The van der Waals surface area contributed by atoms with Gasteiger partial charge in [0.15, 0.2) is 0 Å². The van der Waals surface area contributed by atoms with Gasteiger partial charge in [-0.25, -0.2) is 4.90 Å². The average Bonchev–Trinajstić information content (AvgIpc) is 3.42. The highest BCUT2D eigenvalue weighted by Gasteiger charge is 2.36. The maximum absolute atomic E-state index is 12.8. The predicted molar refractivity (Wildman–Crippen MR) is 118 cm³/mol. The molecule has 2 heterocycles. The van der Waals surface area contributed by atoms with Crippen LogP contribution in [0.4, 0.5) is 11.4 Å². The maximum atomic E-state index is 12.8. The van der Waals surface area contributed by atoms with Crippen LogP contribution in [0.15, 0.2) is 97.3 Å². The van der Waals surface area contributed by atoms with Gasteiger partial charge in [-0.05, 0) is 60.7 Å². The molecule has 0 radical (unpaired) electrons. The van der Waals surface area contributed by atoms with Gasteiger partial charge < -0.3 is 9.88 Å². The number of aromatic nitrogens is 1. The van der Waals surface area contributed by atoms with Crippen molar-refractivity contribution in [1.29, 1.82) is 0 Å². The Labute approximate surface area is 178 Å². The van der Waals surface area contributed by atoms with Crippen LogP contribution in [0.25, 0.3) is 5.69 Å². The predicted octanol–water partition coefficient (Wildman–Crippen LogP) is 4.53. The van der Waals surface area contributed by atoms with Gasteiger partial charge in [0, 0.05) is 29.3 Å². The number of carbonyl (C=O) groups is 3. The van der Waals surface area contributed by atoms with Crippen molar-refractivity contribution < 1.29 is 14.4 Å². The third kappa shape index (κ3) is 3.30. The van der Waals surface area contributed by atoms with E-state index in [0.29, 0.717) is 28.1 Å². The maximum Gasteiger partial charge on any atom is 0.266 e. The van der Waals surface area contributed by atoms with Crippen molar-refractivity contribution in [2.75, 3.05) is 10.2 Å². The van der Waals surface area contributed by atoms with Crippen LogP contribution in [-0.2, 0) is 0 Å². The molecule has 0 aliphatic carbocycles. The molecule has 0 fully saturated rings. The van der Waals surface area contributed by atoms with Gasteiger partial charge in [-0.15, -0.1) is 0 Å². The smallest absolute Gasteiger partial charge is 0.266 e. The second kappa shape index (κ2) is 7.42. The Kier molecular flexibility index (Phi) is 4.45. The van der Waals surface area contributed by atoms with Crippen molar-refractivity contribution in [3.8, 4) is 5.69 Å². The summed E-state index contributed by atoms with van der Waals surface area (Å²) in [5.74, 6) is -1.03. The molecular formula is C25H17N3O3. The second-order valence-corrected chi connectivity index (χ2v) is 7.14. The molecule has 0 unspecified atom stereocenters. The summed E-state index contributed by atoms with van der Waals surface area (Å²) in [7, 11) is 0. The summed E-state index contributed by atoms with van der Waals surface area (Å²) in [6, 6.07) is 24.5. The first-order chi connectivity index (χ1) is 15.1. The van der Waals surface area contributed by atoms with E-state index < -0.39 is 0 Å². The van der Waals surface area contributed by atoms with Crippen LogP contribution in [-0.4, -0.2) is 22.3 Å². The van der Waals surface area contributed by atoms with Crippen LogP contribution < -0.4 is 10.2 Å². The molecule has 1 aliphatic rings. The largest absolute Gasteiger partial charge is 0.324 e. The van der Waals surface area contributed by atoms with Crippen molar-refractivity contribution in [2.45, 2.75) is 0 Å². The molecule has 0 atom stereocenters. The summed E-state index contributed by atoms with van der Waals surface area (Å²) < 4.78 is 1.92. The van der Waals surface area contributed by atoms with Crippen molar-refractivity contribution >= 4 is 29.1 Å². The van der Waals surface area contributed by atoms with Gasteiger partial charge in [0.25, 0.3) is 17.7 Å². The minimum Gasteiger partial charge on any atom is -0.324 e. The molecule has 150 valence electrons. The number of nitrogens with zero attached hydrogens (tertiary/aromatic N) is 2. The average molecular weight is 407 g/mol. The second-order valence-electron chi connectivity index (χ2n) is 7.14. The Morgan fingerprint density at radius 2 is 1.32 bits per heavy atom. The number of nitrogens with one attached hydrogen (secondary N) is 1. The molecule has 5 rings (SSSR count). The first-order valence-corrected chi connectivity index (χ1v) is 9.74. The number of hydrogen-bond donors (Lipinski definition) is 1. The topological polar surface area (TPSA) is 71.4 Å². The lowest BCUT2D eigenvalue weighted by Crippen LogP contribution is -2.29. The molecule has 1 aromatic heterocycles. The van der Waals surface area contributed by atoms with Crippen molar-refractivity contribution in [1.82, 2.24) is 4.57 Å². The molecule has 6 heteroatoms. The number of imide groups is 1. The van der Waals surface area contributed by atoms with Crippen molar-refractivity contribution in [3.63, 3.8) is 0 Å². The quantitative estimate of drug-likeness (QED) is 0.505. The Morgan fingerprint density at radius 1 is 0.677 bits per heavy atom. The van der Waals surface area contributed by atoms with Crippen LogP contribution in [0.5, 0.6) is 0 Å². The highest BCUT2D eigenvalue weighted by molar-refractivity contribution is 6.34. The fraction of sp³-hybridized carbons (Fsp3) is 0. The lowest BCUT2D eigenvalue weighted by atomic mass is 10.1. The number of hydrogen-bond acceptors (Lipinski definition) is 3. The number of benzene rings is 3. The number of carbonyl (C=O) groups excluding carboxylic acids is 3. The Morgan fingerprint density at radius 3 is 2.03 bits per heavy atom. The summed E-state index contributed by atoms with van der Waals surface area (Å²) in [6.07, 6.45) is 3.81. The number of rotatable bonds is 4. The van der Waals surface area contributed by atoms with E-state index in [1.807, 2.05) is 41.2 Å². The summed E-state index contributed by atoms with van der Waals surface area (Å²) in [5, 5.41) is 2.85. The molecule has 0 bridgehead atoms. The van der Waals surface area contributed by atoms with Gasteiger partial charge in [0.05, 0.1) is 16.8 Å². The van der Waals surface area contributed by atoms with Gasteiger partial charge in [0.1, 0.15) is 0 Å². The highest BCUT2D eigenvalue weighted by atomic mass is 16.2. The van der Waals surface area contributed by atoms with Gasteiger partial charge in [-0.3, -0.25) is 14.4 Å². The highest BCUT2D eigenvalue weighted by Crippen LogP contribution is 2.29. The van der Waals surface area contributed by atoms with E-state index in [9.17, 15) is 14.4 Å². The third-order valence-electron chi connectivity index (χ3n) is 5.17. The van der Waals surface area contributed by atoms with E-state index in [4.69, 9.17) is 0 Å². The minimum atomic E-state index is -0.372. The Bertz CT molecular complexity index is 1290. The third-order valence-corrected chi connectivity index (χ3v) is 5.17. The Balaban J connectivity index is 1.39. The zero-order valence-corrected chi connectivity index (χ0v) is 16.4. The van der Waals surface area contributed by atoms with Crippen molar-refractivity contribution in [2.24, 2.45) is 0 Å². The van der Waals surface area contributed by atoms with Crippen molar-refractivity contribution in [3.05, 3.63) is 114 Å². The fourth-order valence-corrected chi connectivity index (χ4v) is 3.66. The lowest BCUT2D eigenvalue weighted by molar-refractivity contribution is 0.0925. The molecule has 4 aromatic rings. The minimum absolute atomic E-state index is 0.284. The van der Waals surface area contributed by atoms with Crippen LogP contribution in [0.2, 0.25) is 0 Å². The zero-order chi connectivity index (χ0) is 21.4. The molecule has 1 aliphatic heterocycles. The summed E-state index contributed by atoms with van der Waals surface area (Å²) >= 11 is 0. The standard InChI is InChI=1S/C25H17N3O3/c29-23(17-7-5-9-19(15-17)27-13-3-4-14-27)26-18-8-6-10-20(16-18)28-24(30)21-11-1-2-12-22(21)25(28)31/h1-16H,(H,26,29). The fourth-order valence-electron chi connectivity index (χ4n) is 3.66. The lowest BCUT2D eigenvalue weighted by Gasteiger charge is -2.15. The molecular weight excluding hydrogens is 390 g/mol. The van der Waals surface area contributed by atoms with Gasteiger partial charge in [-0.1, -0.05) is 24.3 Å². The monoisotopic (exact) mass is 407 g/mol. The summed E-state index contributed by atoms with van der Waals surface area (Å²) in [6.45, 7) is 0. The molecule has 3 amide bonds. The van der Waals surface area contributed by atoms with E-state index in [-0.39, 0.29) is 17.7 Å². The molecule has 31 heavy (non-hydrogen) atoms. The van der Waals surface area contributed by atoms with E-state index in [0.717, 1.165) is 10.6 Å². The van der Waals surface area contributed by atoms with Crippen LogP contribution in [0, 0.1) is 0 Å². The molecule has 0 spiro atoms. The number of anilines is 2.